The van der Waals surface area contributed by atoms with Crippen molar-refractivity contribution in [2.24, 2.45) is 0 Å². The van der Waals surface area contributed by atoms with Crippen molar-refractivity contribution in [3.05, 3.63) is 64.2 Å². The van der Waals surface area contributed by atoms with Crippen LogP contribution >= 0.6 is 27.7 Å². The number of benzene rings is 1. The summed E-state index contributed by atoms with van der Waals surface area (Å²) in [5.41, 5.74) is 0.917. The summed E-state index contributed by atoms with van der Waals surface area (Å²) in [4.78, 5) is 15.9. The number of carbonyl (C=O) groups is 1. The first-order valence-corrected chi connectivity index (χ1v) is 12.8. The molecule has 3 heterocycles. The fourth-order valence-electron chi connectivity index (χ4n) is 3.50. The van der Waals surface area contributed by atoms with E-state index in [1.807, 2.05) is 30.3 Å². The summed E-state index contributed by atoms with van der Waals surface area (Å²) >= 11 is 4.85. The molecule has 0 bridgehead atoms. The Morgan fingerprint density at radius 3 is 2.66 bits per heavy atom. The minimum Gasteiger partial charge on any atom is -0.486 e. The van der Waals surface area contributed by atoms with Crippen LogP contribution in [0.5, 0.6) is 0 Å². The second-order valence-corrected chi connectivity index (χ2v) is 11.0. The van der Waals surface area contributed by atoms with Gasteiger partial charge in [0.25, 0.3) is 5.91 Å². The summed E-state index contributed by atoms with van der Waals surface area (Å²) in [7, 11) is -3.15. The highest BCUT2D eigenvalue weighted by Crippen LogP contribution is 2.36. The molecule has 0 aliphatic carbocycles. The molecule has 1 fully saturated rings. The third kappa shape index (κ3) is 4.73. The van der Waals surface area contributed by atoms with E-state index in [1.165, 1.54) is 0 Å². The Bertz CT molecular complexity index is 1030. The minimum atomic E-state index is -3.15. The van der Waals surface area contributed by atoms with Crippen molar-refractivity contribution < 1.29 is 22.4 Å². The first-order valence-electron chi connectivity index (χ1n) is 9.24. The zero-order valence-corrected chi connectivity index (χ0v) is 18.8. The lowest BCUT2D eigenvalue weighted by Gasteiger charge is -2.30. The van der Waals surface area contributed by atoms with Gasteiger partial charge in [0.15, 0.2) is 20.3 Å². The number of furan rings is 1. The first kappa shape index (κ1) is 20.6. The van der Waals surface area contributed by atoms with Crippen LogP contribution in [-0.2, 0) is 25.9 Å². The van der Waals surface area contributed by atoms with Gasteiger partial charge in [-0.25, -0.2) is 8.42 Å². The van der Waals surface area contributed by atoms with Crippen molar-refractivity contribution in [3.8, 4) is 0 Å². The van der Waals surface area contributed by atoms with Crippen LogP contribution in [0.15, 0.2) is 57.3 Å². The van der Waals surface area contributed by atoms with Crippen LogP contribution in [0.3, 0.4) is 0 Å². The van der Waals surface area contributed by atoms with E-state index in [-0.39, 0.29) is 29.7 Å². The van der Waals surface area contributed by atoms with E-state index in [0.29, 0.717) is 23.5 Å². The van der Waals surface area contributed by atoms with Gasteiger partial charge in [-0.3, -0.25) is 4.79 Å². The molecule has 0 spiro atoms. The molecule has 1 aromatic heterocycles. The Labute approximate surface area is 182 Å². The molecule has 1 aromatic carbocycles. The van der Waals surface area contributed by atoms with Crippen LogP contribution in [-0.4, -0.2) is 49.1 Å². The lowest BCUT2D eigenvalue weighted by atomic mass is 10.1. The van der Waals surface area contributed by atoms with E-state index in [2.05, 4.69) is 15.9 Å². The number of carbonyl (C=O) groups excluding carboxylic acids is 1. The van der Waals surface area contributed by atoms with Gasteiger partial charge in [0.2, 0.25) is 0 Å². The van der Waals surface area contributed by atoms with Gasteiger partial charge in [-0.05, 0) is 40.0 Å². The molecule has 0 saturated carbocycles. The Hall–Kier alpha value is -1.71. The number of thioether (sulfide) groups is 1. The van der Waals surface area contributed by atoms with Crippen molar-refractivity contribution in [1.82, 2.24) is 4.90 Å². The molecule has 9 heteroatoms. The van der Waals surface area contributed by atoms with Gasteiger partial charge in [-0.15, -0.1) is 11.8 Å². The molecule has 2 aromatic rings. The normalized spacial score (nSPS) is 21.1. The molecule has 2 aliphatic heterocycles. The quantitative estimate of drug-likeness (QED) is 0.626. The van der Waals surface area contributed by atoms with Gasteiger partial charge in [0.05, 0.1) is 29.6 Å². The Morgan fingerprint density at radius 1 is 1.21 bits per heavy atom. The minimum absolute atomic E-state index is 0.0400. The SMILES string of the molecule is O=C(C1=C(c2ccccc2)SCCO1)N(Cc1ccc(Br)o1)[C@H]1CCS(=O)(=O)C1. The molecule has 2 aliphatic rings. The summed E-state index contributed by atoms with van der Waals surface area (Å²) < 4.78 is 36.1. The number of halogens is 1. The van der Waals surface area contributed by atoms with Gasteiger partial charge >= 0.3 is 0 Å². The average molecular weight is 498 g/mol. The van der Waals surface area contributed by atoms with Crippen LogP contribution < -0.4 is 0 Å². The number of hydrogen-bond donors (Lipinski definition) is 0. The molecule has 1 amide bonds. The highest BCUT2D eigenvalue weighted by atomic mass is 79.9. The third-order valence-corrected chi connectivity index (χ3v) is 8.13. The second-order valence-electron chi connectivity index (χ2n) is 6.92. The summed E-state index contributed by atoms with van der Waals surface area (Å²) in [6, 6.07) is 12.8. The van der Waals surface area contributed by atoms with Crippen molar-refractivity contribution in [1.29, 1.82) is 0 Å². The monoisotopic (exact) mass is 497 g/mol. The standard InChI is InChI=1S/C20H20BrNO5S2/c21-17-7-6-16(27-17)12-22(15-8-11-29(24,25)13-15)20(23)18-19(28-10-9-26-18)14-4-2-1-3-5-14/h1-7,15H,8-13H2/t15-/m0/s1. The number of nitrogens with zero attached hydrogens (tertiary/aromatic N) is 1. The van der Waals surface area contributed by atoms with Crippen LogP contribution in [0.1, 0.15) is 17.7 Å². The third-order valence-electron chi connectivity index (χ3n) is 4.88. The molecule has 0 unspecified atom stereocenters. The van der Waals surface area contributed by atoms with E-state index in [0.717, 1.165) is 16.2 Å². The maximum atomic E-state index is 13.6. The van der Waals surface area contributed by atoms with E-state index >= 15 is 0 Å². The van der Waals surface area contributed by atoms with Gasteiger partial charge in [0, 0.05) is 11.8 Å². The van der Waals surface area contributed by atoms with Crippen LogP contribution in [0.2, 0.25) is 0 Å². The van der Waals surface area contributed by atoms with E-state index in [1.54, 1.807) is 28.8 Å². The number of amides is 1. The van der Waals surface area contributed by atoms with Crippen LogP contribution in [0, 0.1) is 0 Å². The molecule has 1 atom stereocenters. The summed E-state index contributed by atoms with van der Waals surface area (Å²) in [5, 5.41) is 0. The predicted molar refractivity (Wildman–Crippen MR) is 116 cm³/mol. The maximum absolute atomic E-state index is 13.6. The number of rotatable bonds is 5. The smallest absolute Gasteiger partial charge is 0.290 e. The number of hydrogen-bond acceptors (Lipinski definition) is 6. The zero-order valence-electron chi connectivity index (χ0n) is 15.5. The highest BCUT2D eigenvalue weighted by Gasteiger charge is 2.38. The van der Waals surface area contributed by atoms with Crippen molar-refractivity contribution >= 4 is 48.3 Å². The average Bonchev–Trinajstić information content (AvgIpc) is 3.30. The first-order chi connectivity index (χ1) is 13.9. The fraction of sp³-hybridized carbons (Fsp3) is 0.350. The van der Waals surface area contributed by atoms with Gasteiger partial charge in [0.1, 0.15) is 5.76 Å². The number of sulfone groups is 1. The highest BCUT2D eigenvalue weighted by molar-refractivity contribution is 9.10. The molecule has 1 saturated heterocycles. The molecular weight excluding hydrogens is 478 g/mol. The van der Waals surface area contributed by atoms with Gasteiger partial charge in [-0.2, -0.15) is 0 Å². The van der Waals surface area contributed by atoms with Crippen molar-refractivity contribution in [2.45, 2.75) is 19.0 Å². The Morgan fingerprint density at radius 2 is 2.00 bits per heavy atom. The van der Waals surface area contributed by atoms with Crippen LogP contribution in [0.4, 0.5) is 0 Å². The second kappa shape index (κ2) is 8.57. The molecule has 4 rings (SSSR count). The lowest BCUT2D eigenvalue weighted by Crippen LogP contribution is -2.42. The maximum Gasteiger partial charge on any atom is 0.290 e. The van der Waals surface area contributed by atoms with Gasteiger partial charge < -0.3 is 14.1 Å². The molecule has 0 N–H and O–H groups in total. The number of ether oxygens (including phenoxy) is 1. The topological polar surface area (TPSA) is 76.8 Å². The molecule has 0 radical (unpaired) electrons. The summed E-state index contributed by atoms with van der Waals surface area (Å²) in [6.07, 6.45) is 0.414. The van der Waals surface area contributed by atoms with E-state index in [9.17, 15) is 13.2 Å². The predicted octanol–water partition coefficient (Wildman–Crippen LogP) is 3.69. The van der Waals surface area contributed by atoms with E-state index < -0.39 is 15.9 Å². The molecule has 6 nitrogen and oxygen atoms in total. The molecular formula is C20H20BrNO5S2. The Balaban J connectivity index is 1.70. The van der Waals surface area contributed by atoms with E-state index in [4.69, 9.17) is 9.15 Å². The lowest BCUT2D eigenvalue weighted by molar-refractivity contribution is -0.133. The molecule has 29 heavy (non-hydrogen) atoms. The zero-order chi connectivity index (χ0) is 20.4. The van der Waals surface area contributed by atoms with Gasteiger partial charge in [-0.1, -0.05) is 30.3 Å². The molecule has 154 valence electrons. The largest absolute Gasteiger partial charge is 0.486 e. The fourth-order valence-corrected chi connectivity index (χ4v) is 6.53. The van der Waals surface area contributed by atoms with Crippen LogP contribution in [0.25, 0.3) is 4.91 Å². The Kier molecular flexibility index (Phi) is 6.08. The van der Waals surface area contributed by atoms with Crippen molar-refractivity contribution in [2.75, 3.05) is 23.9 Å². The summed E-state index contributed by atoms with van der Waals surface area (Å²) in [6.45, 7) is 0.620. The van der Waals surface area contributed by atoms with Crippen molar-refractivity contribution in [3.63, 3.8) is 0 Å². The summed E-state index contributed by atoms with van der Waals surface area (Å²) in [5.74, 6) is 1.36.